The molecule has 5 heteroatoms. The van der Waals surface area contributed by atoms with Crippen LogP contribution in [0.1, 0.15) is 36.0 Å². The fourth-order valence-electron chi connectivity index (χ4n) is 3.46. The van der Waals surface area contributed by atoms with Crippen LogP contribution >= 0.6 is 0 Å². The number of hydrogen-bond acceptors (Lipinski definition) is 4. The summed E-state index contributed by atoms with van der Waals surface area (Å²) >= 11 is 0. The first kappa shape index (κ1) is 15.0. The third-order valence-electron chi connectivity index (χ3n) is 4.64. The van der Waals surface area contributed by atoms with Crippen molar-refractivity contribution in [3.05, 3.63) is 72.2 Å². The maximum Gasteiger partial charge on any atom is 0.138 e. The van der Waals surface area contributed by atoms with Crippen LogP contribution in [0.4, 0.5) is 0 Å². The molecule has 0 unspecified atom stereocenters. The fourth-order valence-corrected chi connectivity index (χ4v) is 3.46. The summed E-state index contributed by atoms with van der Waals surface area (Å²) in [5, 5.41) is 0. The van der Waals surface area contributed by atoms with Gasteiger partial charge in [-0.1, -0.05) is 12.1 Å². The molecule has 5 nitrogen and oxygen atoms in total. The van der Waals surface area contributed by atoms with Gasteiger partial charge in [-0.25, -0.2) is 9.97 Å². The first-order valence-electron chi connectivity index (χ1n) is 8.41. The van der Waals surface area contributed by atoms with E-state index in [1.165, 1.54) is 12.0 Å². The lowest BCUT2D eigenvalue weighted by atomic mass is 10.1. The number of hydrogen-bond donors (Lipinski definition) is 0. The zero-order chi connectivity index (χ0) is 16.4. The minimum atomic E-state index is 0.369. The summed E-state index contributed by atoms with van der Waals surface area (Å²) in [7, 11) is 0. The first-order chi connectivity index (χ1) is 11.8. The lowest BCUT2D eigenvalue weighted by molar-refractivity contribution is 0.244. The van der Waals surface area contributed by atoms with E-state index in [0.29, 0.717) is 6.04 Å². The Morgan fingerprint density at radius 2 is 2.12 bits per heavy atom. The van der Waals surface area contributed by atoms with Gasteiger partial charge in [0.2, 0.25) is 0 Å². The minimum absolute atomic E-state index is 0.369. The average molecular weight is 319 g/mol. The number of pyridine rings is 2. The summed E-state index contributed by atoms with van der Waals surface area (Å²) in [5.41, 5.74) is 2.40. The molecular formula is C19H21N5. The topological polar surface area (TPSA) is 46.8 Å². The largest absolute Gasteiger partial charge is 0.290 e. The fraction of sp³-hybridized carbons (Fsp3) is 0.316. The molecule has 3 aromatic rings. The summed E-state index contributed by atoms with van der Waals surface area (Å²) in [6.07, 6.45) is 9.91. The van der Waals surface area contributed by atoms with Gasteiger partial charge in [0.15, 0.2) is 0 Å². The molecule has 4 rings (SSSR count). The molecule has 1 aliphatic heterocycles. The molecule has 1 aliphatic rings. The van der Waals surface area contributed by atoms with Gasteiger partial charge < -0.3 is 0 Å². The van der Waals surface area contributed by atoms with Crippen LogP contribution in [-0.4, -0.2) is 31.0 Å². The molecule has 122 valence electrons. The van der Waals surface area contributed by atoms with Crippen LogP contribution in [0, 0.1) is 6.92 Å². The van der Waals surface area contributed by atoms with Crippen molar-refractivity contribution in [1.82, 2.24) is 24.4 Å². The first-order valence-corrected chi connectivity index (χ1v) is 8.41. The van der Waals surface area contributed by atoms with Crippen molar-refractivity contribution in [2.45, 2.75) is 32.4 Å². The Labute approximate surface area is 142 Å². The predicted molar refractivity (Wildman–Crippen MR) is 92.7 cm³/mol. The molecule has 0 spiro atoms. The molecule has 1 saturated heterocycles. The Balaban J connectivity index is 1.59. The van der Waals surface area contributed by atoms with Gasteiger partial charge in [0.25, 0.3) is 0 Å². The van der Waals surface area contributed by atoms with Crippen molar-refractivity contribution in [2.75, 3.05) is 6.54 Å². The van der Waals surface area contributed by atoms with Gasteiger partial charge in [0, 0.05) is 31.3 Å². The second-order valence-electron chi connectivity index (χ2n) is 6.25. The molecule has 24 heavy (non-hydrogen) atoms. The van der Waals surface area contributed by atoms with E-state index in [1.807, 2.05) is 48.4 Å². The molecule has 3 aromatic heterocycles. The summed E-state index contributed by atoms with van der Waals surface area (Å²) in [5.74, 6) is 1.90. The summed E-state index contributed by atoms with van der Waals surface area (Å²) in [4.78, 5) is 15.9. The smallest absolute Gasteiger partial charge is 0.138 e. The van der Waals surface area contributed by atoms with Crippen LogP contribution in [0.2, 0.25) is 0 Å². The van der Waals surface area contributed by atoms with Crippen molar-refractivity contribution in [2.24, 2.45) is 0 Å². The van der Waals surface area contributed by atoms with Gasteiger partial charge in [-0.05, 0) is 50.1 Å². The molecule has 4 heterocycles. The minimum Gasteiger partial charge on any atom is -0.290 e. The summed E-state index contributed by atoms with van der Waals surface area (Å²) in [6, 6.07) is 10.8. The van der Waals surface area contributed by atoms with Gasteiger partial charge in [-0.3, -0.25) is 14.5 Å². The standard InChI is InChI=1S/C19H21N5/c1-15-21-10-12-24(15)19-8-2-6-17(22-19)18-7-4-11-23(18)14-16-5-3-9-20-13-16/h2-3,5-6,8-10,12-13,18H,4,7,11,14H2,1H3/t18-/m0/s1. The lowest BCUT2D eigenvalue weighted by Crippen LogP contribution is -2.23. The van der Waals surface area contributed by atoms with Crippen molar-refractivity contribution in [3.63, 3.8) is 0 Å². The average Bonchev–Trinajstić information content (AvgIpc) is 3.25. The van der Waals surface area contributed by atoms with Crippen LogP contribution in [0.3, 0.4) is 0 Å². The molecule has 0 aromatic carbocycles. The Morgan fingerprint density at radius 1 is 1.17 bits per heavy atom. The summed E-state index contributed by atoms with van der Waals surface area (Å²) < 4.78 is 2.03. The Kier molecular flexibility index (Phi) is 4.09. The van der Waals surface area contributed by atoms with E-state index in [-0.39, 0.29) is 0 Å². The van der Waals surface area contributed by atoms with Gasteiger partial charge in [0.1, 0.15) is 11.6 Å². The van der Waals surface area contributed by atoms with Gasteiger partial charge >= 0.3 is 0 Å². The molecule has 0 radical (unpaired) electrons. The highest BCUT2D eigenvalue weighted by Crippen LogP contribution is 2.32. The van der Waals surface area contributed by atoms with Gasteiger partial charge in [0.05, 0.1) is 11.7 Å². The van der Waals surface area contributed by atoms with Crippen molar-refractivity contribution in [1.29, 1.82) is 0 Å². The third-order valence-corrected chi connectivity index (χ3v) is 4.64. The maximum absolute atomic E-state index is 4.92. The Hall–Kier alpha value is -2.53. The third kappa shape index (κ3) is 2.95. The lowest BCUT2D eigenvalue weighted by Gasteiger charge is -2.24. The maximum atomic E-state index is 4.92. The number of likely N-dealkylation sites (tertiary alicyclic amines) is 1. The van der Waals surface area contributed by atoms with E-state index < -0.39 is 0 Å². The van der Waals surface area contributed by atoms with E-state index in [4.69, 9.17) is 4.98 Å². The van der Waals surface area contributed by atoms with Crippen molar-refractivity contribution in [3.8, 4) is 5.82 Å². The highest BCUT2D eigenvalue weighted by molar-refractivity contribution is 5.28. The van der Waals surface area contributed by atoms with E-state index >= 15 is 0 Å². The van der Waals surface area contributed by atoms with Gasteiger partial charge in [-0.15, -0.1) is 0 Å². The molecule has 1 atom stereocenters. The molecule has 0 aliphatic carbocycles. The predicted octanol–water partition coefficient (Wildman–Crippen LogP) is 3.31. The van der Waals surface area contributed by atoms with Crippen molar-refractivity contribution < 1.29 is 0 Å². The van der Waals surface area contributed by atoms with Crippen LogP contribution < -0.4 is 0 Å². The highest BCUT2D eigenvalue weighted by Gasteiger charge is 2.27. The Bertz CT molecular complexity index is 811. The van der Waals surface area contributed by atoms with E-state index in [9.17, 15) is 0 Å². The normalized spacial score (nSPS) is 18.1. The number of aromatic nitrogens is 4. The van der Waals surface area contributed by atoms with E-state index in [2.05, 4.69) is 33.1 Å². The van der Waals surface area contributed by atoms with Gasteiger partial charge in [-0.2, -0.15) is 0 Å². The zero-order valence-corrected chi connectivity index (χ0v) is 13.8. The molecule has 0 amide bonds. The van der Waals surface area contributed by atoms with E-state index in [1.54, 1.807) is 0 Å². The van der Waals surface area contributed by atoms with E-state index in [0.717, 1.165) is 36.8 Å². The molecule has 0 saturated carbocycles. The molecular weight excluding hydrogens is 298 g/mol. The number of aryl methyl sites for hydroxylation is 1. The van der Waals surface area contributed by atoms with Crippen molar-refractivity contribution >= 4 is 0 Å². The second-order valence-corrected chi connectivity index (χ2v) is 6.25. The molecule has 1 fully saturated rings. The monoisotopic (exact) mass is 319 g/mol. The number of rotatable bonds is 4. The second kappa shape index (κ2) is 6.53. The highest BCUT2D eigenvalue weighted by atomic mass is 15.2. The number of imidazole rings is 1. The quantitative estimate of drug-likeness (QED) is 0.740. The molecule has 0 bridgehead atoms. The van der Waals surface area contributed by atoms with Crippen LogP contribution in [0.15, 0.2) is 55.1 Å². The SMILES string of the molecule is Cc1nccn1-c1cccc([C@@H]2CCCN2Cc2cccnc2)n1. The number of nitrogens with zero attached hydrogens (tertiary/aromatic N) is 5. The van der Waals surface area contributed by atoms with Crippen LogP contribution in [0.5, 0.6) is 0 Å². The van der Waals surface area contributed by atoms with Crippen LogP contribution in [-0.2, 0) is 6.54 Å². The Morgan fingerprint density at radius 3 is 2.92 bits per heavy atom. The zero-order valence-electron chi connectivity index (χ0n) is 13.8. The van der Waals surface area contributed by atoms with Crippen LogP contribution in [0.25, 0.3) is 5.82 Å². The molecule has 0 N–H and O–H groups in total. The summed E-state index contributed by atoms with van der Waals surface area (Å²) in [6.45, 7) is 4.03.